The minimum Gasteiger partial charge on any atom is -0.325 e. The van der Waals surface area contributed by atoms with Crippen LogP contribution in [0.3, 0.4) is 0 Å². The second kappa shape index (κ2) is 8.00. The van der Waals surface area contributed by atoms with E-state index >= 15 is 0 Å². The Hall–Kier alpha value is -3.72. The Morgan fingerprint density at radius 2 is 1.58 bits per heavy atom. The lowest BCUT2D eigenvalue weighted by Crippen LogP contribution is -2.50. The fourth-order valence-corrected chi connectivity index (χ4v) is 5.54. The maximum atomic E-state index is 13.8. The molecule has 2 heterocycles. The maximum absolute atomic E-state index is 13.8. The Kier molecular flexibility index (Phi) is 5.13. The summed E-state index contributed by atoms with van der Waals surface area (Å²) >= 11 is 1.17. The van der Waals surface area contributed by atoms with Gasteiger partial charge in [-0.05, 0) is 54.6 Å². The van der Waals surface area contributed by atoms with Crippen LogP contribution in [0.1, 0.15) is 5.56 Å². The van der Waals surface area contributed by atoms with Crippen molar-refractivity contribution < 1.29 is 23.2 Å². The summed E-state index contributed by atoms with van der Waals surface area (Å²) in [6.07, 6.45) is 0. The molecule has 9 heteroatoms. The third kappa shape index (κ3) is 3.45. The van der Waals surface area contributed by atoms with Gasteiger partial charge in [0.2, 0.25) is 16.7 Å². The van der Waals surface area contributed by atoms with Crippen LogP contribution in [0.2, 0.25) is 0 Å². The van der Waals surface area contributed by atoms with E-state index in [1.54, 1.807) is 24.3 Å². The molecule has 6 nitrogen and oxygen atoms in total. The molecule has 166 valence electrons. The van der Waals surface area contributed by atoms with Crippen LogP contribution in [0.4, 0.5) is 25.8 Å². The number of hydrogen-bond acceptors (Lipinski definition) is 4. The molecule has 1 atom stereocenters. The van der Waals surface area contributed by atoms with Crippen LogP contribution in [0, 0.1) is 11.6 Å². The number of benzene rings is 3. The first-order valence-electron chi connectivity index (χ1n) is 10.1. The zero-order valence-corrected chi connectivity index (χ0v) is 17.9. The third-order valence-corrected chi connectivity index (χ3v) is 6.96. The average molecular weight is 465 g/mol. The van der Waals surface area contributed by atoms with Gasteiger partial charge in [0.15, 0.2) is 0 Å². The number of fused-ring (bicyclic) bond motifs is 2. The van der Waals surface area contributed by atoms with Crippen LogP contribution in [0.25, 0.3) is 0 Å². The molecular weight excluding hydrogens is 448 g/mol. The van der Waals surface area contributed by atoms with Gasteiger partial charge in [0.1, 0.15) is 18.2 Å². The van der Waals surface area contributed by atoms with Gasteiger partial charge in [-0.15, -0.1) is 11.8 Å². The van der Waals surface area contributed by atoms with E-state index < -0.39 is 28.3 Å². The quantitative estimate of drug-likeness (QED) is 0.635. The number of nitrogens with one attached hydrogen (secondary N) is 1. The summed E-state index contributed by atoms with van der Waals surface area (Å²) in [5, 5.41) is 2.66. The Morgan fingerprint density at radius 3 is 2.27 bits per heavy atom. The van der Waals surface area contributed by atoms with E-state index in [-0.39, 0.29) is 18.2 Å². The molecule has 1 saturated heterocycles. The Bertz CT molecular complexity index is 1270. The molecule has 1 spiro atoms. The van der Waals surface area contributed by atoms with Gasteiger partial charge in [-0.3, -0.25) is 24.2 Å². The SMILES string of the molecule is O=C(CN1C(=O)[C@@]2(SCC(=O)N2c2ccc(F)cc2)c2ccccc21)Nc1ccc(F)cc1. The average Bonchev–Trinajstić information content (AvgIpc) is 3.27. The lowest BCUT2D eigenvalue weighted by atomic mass is 10.0. The number of amides is 3. The van der Waals surface area contributed by atoms with Gasteiger partial charge in [0, 0.05) is 16.9 Å². The third-order valence-electron chi connectivity index (χ3n) is 5.58. The monoisotopic (exact) mass is 465 g/mol. The summed E-state index contributed by atoms with van der Waals surface area (Å²) in [6.45, 7) is -0.291. The highest BCUT2D eigenvalue weighted by Gasteiger charge is 2.61. The van der Waals surface area contributed by atoms with E-state index in [1.807, 2.05) is 0 Å². The maximum Gasteiger partial charge on any atom is 0.269 e. The number of carbonyl (C=O) groups is 3. The summed E-state index contributed by atoms with van der Waals surface area (Å²) in [7, 11) is 0. The van der Waals surface area contributed by atoms with E-state index in [2.05, 4.69) is 5.32 Å². The molecule has 0 saturated carbocycles. The largest absolute Gasteiger partial charge is 0.325 e. The molecule has 0 aliphatic carbocycles. The predicted octanol–water partition coefficient (Wildman–Crippen LogP) is 3.88. The molecule has 1 fully saturated rings. The standard InChI is InChI=1S/C24H17F2N3O3S/c25-15-5-9-17(10-6-15)27-21(30)13-28-20-4-2-1-3-19(20)24(23(28)32)29(22(31)14-33-24)18-11-7-16(26)8-12-18/h1-12H,13-14H2,(H,27,30)/t24-/m0/s1. The second-order valence-corrected chi connectivity index (χ2v) is 8.77. The van der Waals surface area contributed by atoms with Gasteiger partial charge < -0.3 is 5.32 Å². The normalized spacial score (nSPS) is 19.3. The number of halogens is 2. The van der Waals surface area contributed by atoms with Crippen molar-refractivity contribution in [3.63, 3.8) is 0 Å². The number of para-hydroxylation sites is 1. The molecule has 3 amide bonds. The Balaban J connectivity index is 1.50. The van der Waals surface area contributed by atoms with Crippen molar-refractivity contribution in [3.05, 3.63) is 90.0 Å². The molecule has 0 unspecified atom stereocenters. The minimum atomic E-state index is -1.39. The van der Waals surface area contributed by atoms with Gasteiger partial charge in [0.05, 0.1) is 11.4 Å². The molecule has 3 aromatic carbocycles. The first-order chi connectivity index (χ1) is 15.9. The summed E-state index contributed by atoms with van der Waals surface area (Å²) in [5.74, 6) is -2.01. The summed E-state index contributed by atoms with van der Waals surface area (Å²) in [4.78, 5) is 40.8. The number of anilines is 3. The fourth-order valence-electron chi connectivity index (χ4n) is 4.18. The van der Waals surface area contributed by atoms with Crippen molar-refractivity contribution in [1.82, 2.24) is 0 Å². The van der Waals surface area contributed by atoms with Crippen LogP contribution in [-0.4, -0.2) is 30.0 Å². The molecule has 0 aromatic heterocycles. The number of hydrogen-bond donors (Lipinski definition) is 1. The van der Waals surface area contributed by atoms with Crippen molar-refractivity contribution in [2.24, 2.45) is 0 Å². The fraction of sp³-hybridized carbons (Fsp3) is 0.125. The zero-order chi connectivity index (χ0) is 23.2. The molecule has 0 radical (unpaired) electrons. The van der Waals surface area contributed by atoms with E-state index in [0.717, 1.165) is 0 Å². The molecule has 2 aliphatic rings. The molecule has 3 aromatic rings. The number of thioether (sulfide) groups is 1. The van der Waals surface area contributed by atoms with Gasteiger partial charge in [0.25, 0.3) is 5.91 Å². The topological polar surface area (TPSA) is 69.7 Å². The lowest BCUT2D eigenvalue weighted by molar-refractivity contribution is -0.124. The number of carbonyl (C=O) groups excluding carboxylic acids is 3. The van der Waals surface area contributed by atoms with Crippen molar-refractivity contribution in [1.29, 1.82) is 0 Å². The summed E-state index contributed by atoms with van der Waals surface area (Å²) in [5.41, 5.74) is 1.90. The van der Waals surface area contributed by atoms with Crippen molar-refractivity contribution in [3.8, 4) is 0 Å². The highest BCUT2D eigenvalue weighted by atomic mass is 32.2. The van der Waals surface area contributed by atoms with Crippen LogP contribution in [-0.2, 0) is 19.3 Å². The van der Waals surface area contributed by atoms with Crippen molar-refractivity contribution in [2.45, 2.75) is 4.87 Å². The predicted molar refractivity (Wildman–Crippen MR) is 122 cm³/mol. The molecule has 5 rings (SSSR count). The van der Waals surface area contributed by atoms with Gasteiger partial charge in [-0.25, -0.2) is 8.78 Å². The molecule has 2 aliphatic heterocycles. The van der Waals surface area contributed by atoms with E-state index in [9.17, 15) is 23.2 Å². The Labute approximate surface area is 192 Å². The number of nitrogens with zero attached hydrogens (tertiary/aromatic N) is 2. The smallest absolute Gasteiger partial charge is 0.269 e. The molecule has 0 bridgehead atoms. The number of rotatable bonds is 4. The van der Waals surface area contributed by atoms with E-state index in [4.69, 9.17) is 0 Å². The van der Waals surface area contributed by atoms with E-state index in [0.29, 0.717) is 22.6 Å². The van der Waals surface area contributed by atoms with E-state index in [1.165, 1.54) is 70.1 Å². The van der Waals surface area contributed by atoms with Crippen LogP contribution >= 0.6 is 11.8 Å². The van der Waals surface area contributed by atoms with Crippen LogP contribution in [0.15, 0.2) is 72.8 Å². The highest BCUT2D eigenvalue weighted by molar-refractivity contribution is 8.02. The Morgan fingerprint density at radius 1 is 0.939 bits per heavy atom. The summed E-state index contributed by atoms with van der Waals surface area (Å²) in [6, 6.07) is 17.7. The summed E-state index contributed by atoms with van der Waals surface area (Å²) < 4.78 is 26.7. The van der Waals surface area contributed by atoms with Gasteiger partial charge in [-0.2, -0.15) is 0 Å². The molecule has 33 heavy (non-hydrogen) atoms. The van der Waals surface area contributed by atoms with Crippen molar-refractivity contribution >= 4 is 46.5 Å². The first kappa shape index (κ1) is 21.1. The van der Waals surface area contributed by atoms with Gasteiger partial charge in [-0.1, -0.05) is 18.2 Å². The molecule has 1 N–H and O–H groups in total. The highest BCUT2D eigenvalue weighted by Crippen LogP contribution is 2.55. The first-order valence-corrected chi connectivity index (χ1v) is 11.1. The van der Waals surface area contributed by atoms with Crippen molar-refractivity contribution in [2.75, 3.05) is 27.4 Å². The van der Waals surface area contributed by atoms with Crippen LogP contribution in [0.5, 0.6) is 0 Å². The van der Waals surface area contributed by atoms with Gasteiger partial charge >= 0.3 is 0 Å². The lowest BCUT2D eigenvalue weighted by Gasteiger charge is -2.33. The second-order valence-electron chi connectivity index (χ2n) is 7.60. The minimum absolute atomic E-state index is 0.0626. The molecular formula is C24H17F2N3O3S. The zero-order valence-electron chi connectivity index (χ0n) is 17.1. The van der Waals surface area contributed by atoms with Crippen LogP contribution < -0.4 is 15.1 Å².